The molecule has 0 bridgehead atoms. The van der Waals surface area contributed by atoms with E-state index in [0.717, 1.165) is 23.9 Å². The molecule has 3 rings (SSSR count). The van der Waals surface area contributed by atoms with Crippen LogP contribution in [0.3, 0.4) is 0 Å². The van der Waals surface area contributed by atoms with E-state index in [1.807, 2.05) is 38.1 Å². The zero-order valence-corrected chi connectivity index (χ0v) is 16.6. The Balaban J connectivity index is 1.83. The number of carbonyl (C=O) groups is 1. The predicted molar refractivity (Wildman–Crippen MR) is 104 cm³/mol. The summed E-state index contributed by atoms with van der Waals surface area (Å²) in [6.07, 6.45) is -2.83. The molecule has 8 heteroatoms. The molecule has 29 heavy (non-hydrogen) atoms. The summed E-state index contributed by atoms with van der Waals surface area (Å²) < 4.78 is 44.3. The second-order valence-electron chi connectivity index (χ2n) is 7.69. The van der Waals surface area contributed by atoms with Crippen molar-refractivity contribution < 1.29 is 22.7 Å². The fraction of sp³-hybridized carbons (Fsp3) is 0.429. The monoisotopic (exact) mass is 407 g/mol. The molecule has 1 saturated heterocycles. The molecule has 0 radical (unpaired) electrons. The molecular weight excluding hydrogens is 383 g/mol. The Morgan fingerprint density at radius 2 is 2.00 bits per heavy atom. The average Bonchev–Trinajstić information content (AvgIpc) is 2.63. The third-order valence-electron chi connectivity index (χ3n) is 4.96. The maximum Gasteiger partial charge on any atom is 0.416 e. The molecule has 1 aliphatic rings. The number of halogens is 3. The summed E-state index contributed by atoms with van der Waals surface area (Å²) in [5.74, 6) is 0.801. The molecule has 0 atom stereocenters. The van der Waals surface area contributed by atoms with Crippen LogP contribution in [-0.4, -0.2) is 37.1 Å². The summed E-state index contributed by atoms with van der Waals surface area (Å²) >= 11 is 0. The van der Waals surface area contributed by atoms with E-state index in [1.165, 1.54) is 0 Å². The smallest absolute Gasteiger partial charge is 0.416 e. The SMILES string of the molecule is COc1cccc(CC2(C(=O)NC(C)C)CN(c3cc(C(F)(F)F)ccn3)C2)c1. The second-order valence-corrected chi connectivity index (χ2v) is 7.69. The molecule has 0 aliphatic carbocycles. The van der Waals surface area contributed by atoms with Gasteiger partial charge in [-0.05, 0) is 50.1 Å². The molecule has 0 unspecified atom stereocenters. The van der Waals surface area contributed by atoms with Gasteiger partial charge < -0.3 is 15.0 Å². The summed E-state index contributed by atoms with van der Waals surface area (Å²) in [6.45, 7) is 4.33. The fourth-order valence-electron chi connectivity index (χ4n) is 3.54. The first-order chi connectivity index (χ1) is 13.6. The molecule has 2 aromatic rings. The number of methoxy groups -OCH3 is 1. The van der Waals surface area contributed by atoms with Gasteiger partial charge in [0.05, 0.1) is 18.1 Å². The minimum atomic E-state index is -4.44. The largest absolute Gasteiger partial charge is 0.497 e. The van der Waals surface area contributed by atoms with Gasteiger partial charge in [-0.1, -0.05) is 12.1 Å². The maximum atomic E-state index is 13.0. The normalized spacial score (nSPS) is 15.8. The van der Waals surface area contributed by atoms with Crippen LogP contribution in [0.1, 0.15) is 25.0 Å². The number of anilines is 1. The highest BCUT2D eigenvalue weighted by Crippen LogP contribution is 2.39. The molecule has 1 aromatic heterocycles. The number of pyridine rings is 1. The minimum absolute atomic E-state index is 0.0367. The summed E-state index contributed by atoms with van der Waals surface area (Å²) in [5.41, 5.74) is -0.564. The number of aromatic nitrogens is 1. The van der Waals surface area contributed by atoms with Crippen LogP contribution in [0.25, 0.3) is 0 Å². The van der Waals surface area contributed by atoms with Crippen molar-refractivity contribution in [3.63, 3.8) is 0 Å². The number of benzene rings is 1. The number of nitrogens with one attached hydrogen (secondary N) is 1. The molecular formula is C21H24F3N3O2. The molecule has 1 aromatic carbocycles. The number of hydrogen-bond donors (Lipinski definition) is 1. The number of hydrogen-bond acceptors (Lipinski definition) is 4. The van der Waals surface area contributed by atoms with Crippen molar-refractivity contribution in [1.29, 1.82) is 0 Å². The average molecular weight is 407 g/mol. The lowest BCUT2D eigenvalue weighted by Crippen LogP contribution is -2.65. The summed E-state index contributed by atoms with van der Waals surface area (Å²) in [5, 5.41) is 2.94. The Labute approximate surface area is 167 Å². The highest BCUT2D eigenvalue weighted by atomic mass is 19.4. The third-order valence-corrected chi connectivity index (χ3v) is 4.96. The third kappa shape index (κ3) is 4.63. The molecule has 1 fully saturated rings. The first-order valence-corrected chi connectivity index (χ1v) is 9.35. The number of ether oxygens (including phenoxy) is 1. The zero-order chi connectivity index (χ0) is 21.2. The standard InChI is InChI=1S/C21H24F3N3O2/c1-14(2)26-19(28)20(11-15-5-4-6-17(9-15)29-3)12-27(13-20)18-10-16(7-8-25-18)21(22,23)24/h4-10,14H,11-13H2,1-3H3,(H,26,28). The van der Waals surface area contributed by atoms with Gasteiger partial charge in [0.2, 0.25) is 5.91 Å². The number of nitrogens with zero attached hydrogens (tertiary/aromatic N) is 2. The number of alkyl halides is 3. The fourth-order valence-corrected chi connectivity index (χ4v) is 3.54. The van der Waals surface area contributed by atoms with E-state index in [-0.39, 0.29) is 30.9 Å². The van der Waals surface area contributed by atoms with Gasteiger partial charge in [-0.2, -0.15) is 13.2 Å². The first-order valence-electron chi connectivity index (χ1n) is 9.35. The molecule has 1 amide bonds. The Morgan fingerprint density at radius 3 is 2.62 bits per heavy atom. The zero-order valence-electron chi connectivity index (χ0n) is 16.6. The number of carbonyl (C=O) groups excluding carboxylic acids is 1. The van der Waals surface area contributed by atoms with Gasteiger partial charge in [-0.3, -0.25) is 4.79 Å². The Kier molecular flexibility index (Phi) is 5.73. The van der Waals surface area contributed by atoms with Crippen molar-refractivity contribution in [3.8, 4) is 5.75 Å². The van der Waals surface area contributed by atoms with Crippen LogP contribution in [0, 0.1) is 5.41 Å². The number of amides is 1. The van der Waals surface area contributed by atoms with E-state index in [1.54, 1.807) is 12.0 Å². The van der Waals surface area contributed by atoms with Gasteiger partial charge in [0.15, 0.2) is 0 Å². The van der Waals surface area contributed by atoms with Crippen LogP contribution in [0.5, 0.6) is 5.75 Å². The quantitative estimate of drug-likeness (QED) is 0.794. The van der Waals surface area contributed by atoms with Gasteiger partial charge in [0, 0.05) is 25.3 Å². The first kappa shape index (κ1) is 21.0. The molecule has 1 N–H and O–H groups in total. The van der Waals surface area contributed by atoms with E-state index in [9.17, 15) is 18.0 Å². The Morgan fingerprint density at radius 1 is 1.28 bits per heavy atom. The minimum Gasteiger partial charge on any atom is -0.497 e. The van der Waals surface area contributed by atoms with E-state index >= 15 is 0 Å². The van der Waals surface area contributed by atoms with Crippen molar-refractivity contribution in [2.24, 2.45) is 5.41 Å². The maximum absolute atomic E-state index is 13.0. The predicted octanol–water partition coefficient (Wildman–Crippen LogP) is 3.68. The lowest BCUT2D eigenvalue weighted by molar-refractivity contribution is -0.138. The molecule has 0 saturated carbocycles. The molecule has 2 heterocycles. The molecule has 1 aliphatic heterocycles. The lowest BCUT2D eigenvalue weighted by atomic mass is 9.73. The second kappa shape index (κ2) is 7.93. The summed E-state index contributed by atoms with van der Waals surface area (Å²) in [4.78, 5) is 18.7. The summed E-state index contributed by atoms with van der Waals surface area (Å²) in [6, 6.07) is 9.39. The van der Waals surface area contributed by atoms with Crippen LogP contribution < -0.4 is 15.0 Å². The van der Waals surface area contributed by atoms with Crippen molar-refractivity contribution >= 4 is 11.7 Å². The van der Waals surface area contributed by atoms with Crippen LogP contribution in [0.15, 0.2) is 42.6 Å². The highest BCUT2D eigenvalue weighted by molar-refractivity contribution is 5.86. The topological polar surface area (TPSA) is 54.5 Å². The molecule has 156 valence electrons. The highest BCUT2D eigenvalue weighted by Gasteiger charge is 2.50. The molecule has 5 nitrogen and oxygen atoms in total. The van der Waals surface area contributed by atoms with Gasteiger partial charge in [-0.25, -0.2) is 4.98 Å². The Bertz CT molecular complexity index is 877. The number of rotatable bonds is 6. The van der Waals surface area contributed by atoms with Gasteiger partial charge in [-0.15, -0.1) is 0 Å². The summed E-state index contributed by atoms with van der Waals surface area (Å²) in [7, 11) is 1.57. The van der Waals surface area contributed by atoms with Crippen LogP contribution >= 0.6 is 0 Å². The van der Waals surface area contributed by atoms with Gasteiger partial charge >= 0.3 is 6.18 Å². The Hall–Kier alpha value is -2.77. The van der Waals surface area contributed by atoms with E-state index in [4.69, 9.17) is 4.74 Å². The molecule has 0 spiro atoms. The van der Waals surface area contributed by atoms with E-state index < -0.39 is 17.2 Å². The van der Waals surface area contributed by atoms with Crippen molar-refractivity contribution in [1.82, 2.24) is 10.3 Å². The van der Waals surface area contributed by atoms with Crippen molar-refractivity contribution in [2.45, 2.75) is 32.5 Å². The lowest BCUT2D eigenvalue weighted by Gasteiger charge is -2.50. The van der Waals surface area contributed by atoms with Gasteiger partial charge in [0.1, 0.15) is 11.6 Å². The van der Waals surface area contributed by atoms with Crippen molar-refractivity contribution in [2.75, 3.05) is 25.1 Å². The van der Waals surface area contributed by atoms with Crippen molar-refractivity contribution in [3.05, 3.63) is 53.7 Å². The van der Waals surface area contributed by atoms with Crippen LogP contribution in [-0.2, 0) is 17.4 Å². The van der Waals surface area contributed by atoms with E-state index in [2.05, 4.69) is 10.3 Å². The van der Waals surface area contributed by atoms with Crippen LogP contribution in [0.2, 0.25) is 0 Å². The van der Waals surface area contributed by atoms with E-state index in [0.29, 0.717) is 12.2 Å². The van der Waals surface area contributed by atoms with Crippen LogP contribution in [0.4, 0.5) is 19.0 Å². The van der Waals surface area contributed by atoms with Gasteiger partial charge in [0.25, 0.3) is 0 Å².